The van der Waals surface area contributed by atoms with E-state index in [1.807, 2.05) is 0 Å². The molecule has 2 N–H and O–H groups in total. The average molecular weight is 370 g/mol. The summed E-state index contributed by atoms with van der Waals surface area (Å²) in [5.41, 5.74) is -0.404. The zero-order valence-corrected chi connectivity index (χ0v) is 15.2. The number of hydrogen-bond donors (Lipinski definition) is 2. The molecule has 1 aliphatic heterocycles. The first-order valence-electron chi connectivity index (χ1n) is 7.77. The van der Waals surface area contributed by atoms with E-state index in [2.05, 4.69) is 4.72 Å². The fraction of sp³-hybridized carbons (Fsp3) is 0.500. The second kappa shape index (κ2) is 7.11. The minimum atomic E-state index is -3.70. The van der Waals surface area contributed by atoms with Crippen LogP contribution in [0.3, 0.4) is 0 Å². The second-order valence-electron chi connectivity index (χ2n) is 6.81. The van der Waals surface area contributed by atoms with Gasteiger partial charge in [-0.2, -0.15) is 0 Å². The van der Waals surface area contributed by atoms with Gasteiger partial charge in [0.2, 0.25) is 10.0 Å². The van der Waals surface area contributed by atoms with E-state index in [1.165, 1.54) is 29.2 Å². The predicted octanol–water partition coefficient (Wildman–Crippen LogP) is 0.689. The van der Waals surface area contributed by atoms with Crippen LogP contribution in [0.4, 0.5) is 0 Å². The van der Waals surface area contributed by atoms with Gasteiger partial charge in [0.05, 0.1) is 18.1 Å². The molecule has 0 radical (unpaired) electrons. The van der Waals surface area contributed by atoms with Gasteiger partial charge in [-0.3, -0.25) is 4.79 Å². The van der Waals surface area contributed by atoms with Gasteiger partial charge >= 0.3 is 5.97 Å². The molecule has 1 aliphatic rings. The summed E-state index contributed by atoms with van der Waals surface area (Å²) < 4.78 is 32.2. The molecule has 138 valence electrons. The van der Waals surface area contributed by atoms with E-state index in [0.29, 0.717) is 0 Å². The quantitative estimate of drug-likeness (QED) is 0.806. The molecule has 0 bridgehead atoms. The lowest BCUT2D eigenvalue weighted by molar-refractivity contribution is -0.147. The van der Waals surface area contributed by atoms with Gasteiger partial charge in [-0.25, -0.2) is 17.9 Å². The SMILES string of the molecule is CC(C)(C)NS(=O)(=O)c1ccc(C(=O)N2CCOCC2C(=O)O)cc1. The number of nitrogens with one attached hydrogen (secondary N) is 1. The van der Waals surface area contributed by atoms with Gasteiger partial charge in [0.1, 0.15) is 0 Å². The largest absolute Gasteiger partial charge is 0.480 e. The number of sulfonamides is 1. The molecule has 1 fully saturated rings. The monoisotopic (exact) mass is 370 g/mol. The molecule has 0 aliphatic carbocycles. The van der Waals surface area contributed by atoms with Crippen molar-refractivity contribution in [2.24, 2.45) is 0 Å². The first-order valence-corrected chi connectivity index (χ1v) is 9.25. The zero-order chi connectivity index (χ0) is 18.8. The number of carboxylic acids is 1. The van der Waals surface area contributed by atoms with E-state index in [1.54, 1.807) is 20.8 Å². The lowest BCUT2D eigenvalue weighted by Crippen LogP contribution is -2.52. The van der Waals surface area contributed by atoms with Crippen molar-refractivity contribution in [3.8, 4) is 0 Å². The van der Waals surface area contributed by atoms with Crippen LogP contribution in [-0.2, 0) is 19.6 Å². The molecule has 25 heavy (non-hydrogen) atoms. The highest BCUT2D eigenvalue weighted by molar-refractivity contribution is 7.89. The molecule has 1 saturated heterocycles. The van der Waals surface area contributed by atoms with Crippen LogP contribution < -0.4 is 4.72 Å². The minimum Gasteiger partial charge on any atom is -0.480 e. The highest BCUT2D eigenvalue weighted by Gasteiger charge is 2.33. The number of aliphatic carboxylic acids is 1. The van der Waals surface area contributed by atoms with Gasteiger partial charge in [0.25, 0.3) is 5.91 Å². The maximum atomic E-state index is 12.5. The molecule has 1 heterocycles. The number of rotatable bonds is 4. The van der Waals surface area contributed by atoms with E-state index in [9.17, 15) is 23.1 Å². The third-order valence-electron chi connectivity index (χ3n) is 3.53. The van der Waals surface area contributed by atoms with Crippen LogP contribution in [-0.4, -0.2) is 61.6 Å². The van der Waals surface area contributed by atoms with Crippen LogP contribution in [0.5, 0.6) is 0 Å². The molecular weight excluding hydrogens is 348 g/mol. The van der Waals surface area contributed by atoms with Crippen molar-refractivity contribution in [2.75, 3.05) is 19.8 Å². The number of nitrogens with zero attached hydrogens (tertiary/aromatic N) is 1. The lowest BCUT2D eigenvalue weighted by atomic mass is 10.1. The van der Waals surface area contributed by atoms with Crippen LogP contribution in [0.2, 0.25) is 0 Å². The summed E-state index contributed by atoms with van der Waals surface area (Å²) in [6.45, 7) is 5.55. The van der Waals surface area contributed by atoms with Gasteiger partial charge in [-0.15, -0.1) is 0 Å². The maximum absolute atomic E-state index is 12.5. The van der Waals surface area contributed by atoms with Crippen LogP contribution in [0, 0.1) is 0 Å². The van der Waals surface area contributed by atoms with Crippen LogP contribution in [0.15, 0.2) is 29.2 Å². The Morgan fingerprint density at radius 3 is 2.36 bits per heavy atom. The third kappa shape index (κ3) is 4.77. The molecule has 0 aromatic heterocycles. The maximum Gasteiger partial charge on any atom is 0.328 e. The Balaban J connectivity index is 2.22. The molecule has 1 atom stereocenters. The smallest absolute Gasteiger partial charge is 0.328 e. The topological polar surface area (TPSA) is 113 Å². The van der Waals surface area contributed by atoms with E-state index in [4.69, 9.17) is 4.74 Å². The summed E-state index contributed by atoms with van der Waals surface area (Å²) in [4.78, 5) is 25.1. The Labute approximate surface area is 146 Å². The number of ether oxygens (including phenoxy) is 1. The number of benzene rings is 1. The Kier molecular flexibility index (Phi) is 5.50. The Bertz CT molecular complexity index is 752. The average Bonchev–Trinajstić information content (AvgIpc) is 2.52. The van der Waals surface area contributed by atoms with Crippen molar-refractivity contribution in [1.82, 2.24) is 9.62 Å². The van der Waals surface area contributed by atoms with Gasteiger partial charge in [-0.05, 0) is 45.0 Å². The fourth-order valence-corrected chi connectivity index (χ4v) is 3.87. The minimum absolute atomic E-state index is 0.0377. The fourth-order valence-electron chi connectivity index (χ4n) is 2.46. The molecule has 1 aromatic rings. The highest BCUT2D eigenvalue weighted by atomic mass is 32.2. The number of carbonyl (C=O) groups is 2. The first kappa shape index (κ1) is 19.4. The van der Waals surface area contributed by atoms with Gasteiger partial charge in [0, 0.05) is 17.6 Å². The predicted molar refractivity (Wildman–Crippen MR) is 89.8 cm³/mol. The molecule has 8 nitrogen and oxygen atoms in total. The van der Waals surface area contributed by atoms with E-state index in [-0.39, 0.29) is 30.2 Å². The lowest BCUT2D eigenvalue weighted by Gasteiger charge is -2.32. The summed E-state index contributed by atoms with van der Waals surface area (Å²) in [5, 5.41) is 9.20. The van der Waals surface area contributed by atoms with E-state index in [0.717, 1.165) is 0 Å². The number of morpholine rings is 1. The Hall–Kier alpha value is -1.97. The van der Waals surface area contributed by atoms with Crippen molar-refractivity contribution in [3.05, 3.63) is 29.8 Å². The van der Waals surface area contributed by atoms with Crippen molar-refractivity contribution in [1.29, 1.82) is 0 Å². The van der Waals surface area contributed by atoms with Gasteiger partial charge in [-0.1, -0.05) is 0 Å². The van der Waals surface area contributed by atoms with Crippen molar-refractivity contribution in [2.45, 2.75) is 37.2 Å². The molecule has 1 unspecified atom stereocenters. The number of amides is 1. The zero-order valence-electron chi connectivity index (χ0n) is 14.4. The first-order chi connectivity index (χ1) is 11.5. The van der Waals surface area contributed by atoms with E-state index < -0.39 is 33.5 Å². The summed E-state index contributed by atoms with van der Waals surface area (Å²) in [7, 11) is -3.70. The summed E-state index contributed by atoms with van der Waals surface area (Å²) in [6.07, 6.45) is 0. The van der Waals surface area contributed by atoms with Crippen molar-refractivity contribution < 1.29 is 27.9 Å². The second-order valence-corrected chi connectivity index (χ2v) is 8.49. The number of hydrogen-bond acceptors (Lipinski definition) is 5. The molecule has 2 rings (SSSR count). The Morgan fingerprint density at radius 2 is 1.84 bits per heavy atom. The summed E-state index contributed by atoms with van der Waals surface area (Å²) in [6, 6.07) is 4.38. The Morgan fingerprint density at radius 1 is 1.24 bits per heavy atom. The molecular formula is C16H22N2O6S. The van der Waals surface area contributed by atoms with Crippen molar-refractivity contribution in [3.63, 3.8) is 0 Å². The van der Waals surface area contributed by atoms with Gasteiger partial charge in [0.15, 0.2) is 6.04 Å². The summed E-state index contributed by atoms with van der Waals surface area (Å²) in [5.74, 6) is -1.61. The van der Waals surface area contributed by atoms with Crippen LogP contribution >= 0.6 is 0 Å². The normalized spacial score (nSPS) is 18.8. The van der Waals surface area contributed by atoms with Crippen LogP contribution in [0.25, 0.3) is 0 Å². The molecule has 0 spiro atoms. The number of carbonyl (C=O) groups excluding carboxylic acids is 1. The molecule has 1 aromatic carbocycles. The standard InChI is InChI=1S/C16H22N2O6S/c1-16(2,3)17-25(22,23)12-6-4-11(5-7-12)14(19)18-8-9-24-10-13(18)15(20)21/h4-7,13,17H,8-10H2,1-3H3,(H,20,21). The highest BCUT2D eigenvalue weighted by Crippen LogP contribution is 2.17. The number of carboxylic acid groups (broad SMARTS) is 1. The molecule has 1 amide bonds. The molecule has 0 saturated carbocycles. The molecule has 9 heteroatoms. The summed E-state index contributed by atoms with van der Waals surface area (Å²) >= 11 is 0. The van der Waals surface area contributed by atoms with Crippen LogP contribution in [0.1, 0.15) is 31.1 Å². The van der Waals surface area contributed by atoms with Crippen molar-refractivity contribution >= 4 is 21.9 Å². The van der Waals surface area contributed by atoms with Gasteiger partial charge < -0.3 is 14.7 Å². The van der Waals surface area contributed by atoms with E-state index >= 15 is 0 Å². The third-order valence-corrected chi connectivity index (χ3v) is 5.30.